The van der Waals surface area contributed by atoms with Crippen molar-refractivity contribution in [3.63, 3.8) is 0 Å². The third-order valence-corrected chi connectivity index (χ3v) is 6.91. The van der Waals surface area contributed by atoms with Gasteiger partial charge in [-0.1, -0.05) is 18.5 Å². The van der Waals surface area contributed by atoms with Crippen LogP contribution in [0.4, 0.5) is 5.69 Å². The summed E-state index contributed by atoms with van der Waals surface area (Å²) >= 11 is 7.13. The summed E-state index contributed by atoms with van der Waals surface area (Å²) in [6.07, 6.45) is 1.66. The van der Waals surface area contributed by atoms with Gasteiger partial charge in [0.05, 0.1) is 28.1 Å². The maximum absolute atomic E-state index is 13.0. The minimum atomic E-state index is -0.321. The molecule has 3 rings (SSSR count). The molecule has 0 aliphatic heterocycles. The van der Waals surface area contributed by atoms with E-state index in [9.17, 15) is 14.4 Å². The highest BCUT2D eigenvalue weighted by Crippen LogP contribution is 2.24. The van der Waals surface area contributed by atoms with E-state index in [4.69, 9.17) is 25.8 Å². The van der Waals surface area contributed by atoms with Crippen LogP contribution in [-0.2, 0) is 14.3 Å². The molecule has 0 aliphatic carbocycles. The Morgan fingerprint density at radius 1 is 1.18 bits per heavy atom. The molecule has 0 bridgehead atoms. The van der Waals surface area contributed by atoms with E-state index in [1.165, 1.54) is 22.8 Å². The topological polar surface area (TPSA) is 99.1 Å². The summed E-state index contributed by atoms with van der Waals surface area (Å²) in [5, 5.41) is 2.90. The molecule has 11 heteroatoms. The highest BCUT2D eigenvalue weighted by Gasteiger charge is 2.18. The minimum absolute atomic E-state index is 0.0131. The first-order valence-corrected chi connectivity index (χ1v) is 13.2. The number of nitrogens with one attached hydrogen (secondary N) is 1. The number of pyridine rings is 1. The van der Waals surface area contributed by atoms with Gasteiger partial charge >= 0.3 is 0 Å². The van der Waals surface area contributed by atoms with Crippen LogP contribution in [0, 0.1) is 12.8 Å². The van der Waals surface area contributed by atoms with Crippen molar-refractivity contribution in [3.05, 3.63) is 73.8 Å². The van der Waals surface area contributed by atoms with Gasteiger partial charge in [-0.2, -0.15) is 0 Å². The Bertz CT molecular complexity index is 1310. The second-order valence-electron chi connectivity index (χ2n) is 8.73. The fourth-order valence-corrected chi connectivity index (χ4v) is 4.70. The monoisotopic (exact) mass is 561 g/mol. The molecule has 204 valence electrons. The zero-order valence-corrected chi connectivity index (χ0v) is 23.4. The first-order chi connectivity index (χ1) is 18.2. The molecule has 0 saturated carbocycles. The Morgan fingerprint density at radius 2 is 1.97 bits per heavy atom. The van der Waals surface area contributed by atoms with Crippen molar-refractivity contribution in [1.82, 2.24) is 9.88 Å². The van der Waals surface area contributed by atoms with E-state index >= 15 is 0 Å². The quantitative estimate of drug-likeness (QED) is 0.247. The number of thiophene rings is 1. The molecule has 1 atom stereocenters. The number of halogens is 1. The van der Waals surface area contributed by atoms with Gasteiger partial charge in [0.2, 0.25) is 5.91 Å². The van der Waals surface area contributed by atoms with Crippen molar-refractivity contribution in [2.24, 2.45) is 5.92 Å². The molecule has 2 heterocycles. The number of carbonyl (C=O) groups excluding carboxylic acids is 2. The van der Waals surface area contributed by atoms with Gasteiger partial charge in [0.1, 0.15) is 0 Å². The first kappa shape index (κ1) is 29.4. The molecule has 9 nitrogen and oxygen atoms in total. The van der Waals surface area contributed by atoms with Crippen LogP contribution in [0.25, 0.3) is 5.69 Å². The summed E-state index contributed by atoms with van der Waals surface area (Å²) in [6.45, 7) is 6.88. The Morgan fingerprint density at radius 3 is 2.63 bits per heavy atom. The molecule has 0 aliphatic rings. The lowest BCUT2D eigenvalue weighted by molar-refractivity contribution is -0.116. The molecule has 1 aromatic carbocycles. The number of hydrogen-bond donors (Lipinski definition) is 1. The number of carbonyl (C=O) groups is 2. The van der Waals surface area contributed by atoms with E-state index in [1.54, 1.807) is 54.6 Å². The number of amides is 2. The molecule has 2 amide bonds. The Kier molecular flexibility index (Phi) is 10.9. The van der Waals surface area contributed by atoms with Crippen molar-refractivity contribution in [1.29, 1.82) is 0 Å². The van der Waals surface area contributed by atoms with Crippen molar-refractivity contribution in [2.75, 3.05) is 45.1 Å². The number of aromatic nitrogens is 1. The summed E-state index contributed by atoms with van der Waals surface area (Å²) in [4.78, 5) is 40.0. The molecule has 2 aromatic heterocycles. The summed E-state index contributed by atoms with van der Waals surface area (Å²) in [7, 11) is 1.58. The lowest BCUT2D eigenvalue weighted by Crippen LogP contribution is -2.38. The molecule has 38 heavy (non-hydrogen) atoms. The second kappa shape index (κ2) is 14.1. The molecule has 0 saturated heterocycles. The number of aryl methyl sites for hydroxylation is 1. The second-order valence-corrected chi connectivity index (χ2v) is 10.4. The minimum Gasteiger partial charge on any atom is -0.462 e. The molecule has 0 unspecified atom stereocenters. The fraction of sp³-hybridized carbons (Fsp3) is 0.370. The average Bonchev–Trinajstić information content (AvgIpc) is 3.33. The highest BCUT2D eigenvalue weighted by molar-refractivity contribution is 7.18. The molecule has 0 spiro atoms. The smallest absolute Gasteiger partial charge is 0.297 e. The van der Waals surface area contributed by atoms with Gasteiger partial charge in [0.25, 0.3) is 11.5 Å². The number of anilines is 1. The summed E-state index contributed by atoms with van der Waals surface area (Å²) in [5.41, 5.74) is 1.86. The van der Waals surface area contributed by atoms with Gasteiger partial charge in [-0.3, -0.25) is 19.0 Å². The van der Waals surface area contributed by atoms with Gasteiger partial charge < -0.3 is 24.4 Å². The zero-order chi connectivity index (χ0) is 27.7. The number of rotatable bonds is 13. The Hall–Kier alpha value is -3.18. The third-order valence-electron chi connectivity index (χ3n) is 5.68. The number of ether oxygens (including phenoxy) is 3. The van der Waals surface area contributed by atoms with Gasteiger partial charge in [-0.15, -0.1) is 11.3 Å². The third kappa shape index (κ3) is 7.91. The predicted octanol–water partition coefficient (Wildman–Crippen LogP) is 4.28. The van der Waals surface area contributed by atoms with Crippen LogP contribution >= 0.6 is 22.9 Å². The van der Waals surface area contributed by atoms with E-state index in [0.29, 0.717) is 46.9 Å². The average molecular weight is 562 g/mol. The molecular formula is C27H32ClN3O6S. The fourth-order valence-electron chi connectivity index (χ4n) is 3.74. The van der Waals surface area contributed by atoms with Crippen LogP contribution in [-0.4, -0.2) is 56.6 Å². The summed E-state index contributed by atoms with van der Waals surface area (Å²) < 4.78 is 17.8. The van der Waals surface area contributed by atoms with Crippen molar-refractivity contribution >= 4 is 40.4 Å². The van der Waals surface area contributed by atoms with E-state index in [0.717, 1.165) is 5.56 Å². The molecule has 0 radical (unpaired) electrons. The van der Waals surface area contributed by atoms with Crippen LogP contribution in [0.2, 0.25) is 4.34 Å². The highest BCUT2D eigenvalue weighted by atomic mass is 35.5. The Balaban J connectivity index is 1.69. The zero-order valence-electron chi connectivity index (χ0n) is 21.9. The maximum atomic E-state index is 13.0. The van der Waals surface area contributed by atoms with E-state index in [-0.39, 0.29) is 35.8 Å². The molecular weight excluding hydrogens is 530 g/mol. The van der Waals surface area contributed by atoms with Crippen molar-refractivity contribution < 1.29 is 23.8 Å². The van der Waals surface area contributed by atoms with Crippen LogP contribution in [0.5, 0.6) is 5.75 Å². The number of methoxy groups -OCH3 is 1. The van der Waals surface area contributed by atoms with Crippen LogP contribution in [0.3, 0.4) is 0 Å². The van der Waals surface area contributed by atoms with Crippen molar-refractivity contribution in [2.45, 2.75) is 20.8 Å². The standard InChI is InChI=1S/C27H32ClN3O6S/c1-18(15-29-26(33)24-9-10-25(28)38-24)16-31(20(3)32)21-7-8-22(19(2)14-21)30-11-5-6-23(27(30)34)37-17-36-13-12-35-4/h5-11,14,18H,12-13,15-17H2,1-4H3,(H,29,33)/t18-/m0/s1. The largest absolute Gasteiger partial charge is 0.462 e. The number of hydrogen-bond acceptors (Lipinski definition) is 7. The summed E-state index contributed by atoms with van der Waals surface area (Å²) in [6, 6.07) is 12.1. The van der Waals surface area contributed by atoms with Gasteiger partial charge in [0.15, 0.2) is 12.5 Å². The Labute approximate surface area is 230 Å². The lowest BCUT2D eigenvalue weighted by Gasteiger charge is -2.26. The van der Waals surface area contributed by atoms with Gasteiger partial charge in [-0.25, -0.2) is 0 Å². The number of nitrogens with zero attached hydrogens (tertiary/aromatic N) is 2. The number of benzene rings is 1. The predicted molar refractivity (Wildman–Crippen MR) is 149 cm³/mol. The lowest BCUT2D eigenvalue weighted by atomic mass is 10.1. The van der Waals surface area contributed by atoms with Gasteiger partial charge in [0, 0.05) is 39.0 Å². The van der Waals surface area contributed by atoms with E-state index in [2.05, 4.69) is 5.32 Å². The van der Waals surface area contributed by atoms with Gasteiger partial charge in [-0.05, 0) is 60.9 Å². The van der Waals surface area contributed by atoms with Crippen LogP contribution in [0.15, 0.2) is 53.5 Å². The van der Waals surface area contributed by atoms with E-state index in [1.807, 2.05) is 19.9 Å². The molecule has 3 aromatic rings. The molecule has 0 fully saturated rings. The molecule has 1 N–H and O–H groups in total. The van der Waals surface area contributed by atoms with Crippen molar-refractivity contribution in [3.8, 4) is 11.4 Å². The SMILES string of the molecule is COCCOCOc1cccn(-c2ccc(N(C[C@@H](C)CNC(=O)c3ccc(Cl)s3)C(C)=O)cc2C)c1=O. The van der Waals surface area contributed by atoms with Crippen LogP contribution < -0.4 is 20.5 Å². The summed E-state index contributed by atoms with van der Waals surface area (Å²) in [5.74, 6) is -0.164. The first-order valence-electron chi connectivity index (χ1n) is 12.0. The van der Waals surface area contributed by atoms with E-state index < -0.39 is 0 Å². The maximum Gasteiger partial charge on any atom is 0.297 e. The normalized spacial score (nSPS) is 11.7. The van der Waals surface area contributed by atoms with Crippen LogP contribution in [0.1, 0.15) is 29.1 Å².